The number of Topliss-reactive ketones (excluding diaryl/α,β-unsaturated/α-hetero) is 1. The number of aryl methyl sites for hydroxylation is 2. The van der Waals surface area contributed by atoms with Crippen molar-refractivity contribution in [2.24, 2.45) is 0 Å². The molecule has 0 aromatic heterocycles. The average molecular weight is 378 g/mol. The lowest BCUT2D eigenvalue weighted by Crippen LogP contribution is -2.41. The Morgan fingerprint density at radius 1 is 1.14 bits per heavy atom. The Kier molecular flexibility index (Phi) is 4.41. The van der Waals surface area contributed by atoms with Crippen LogP contribution < -0.4 is 10.1 Å². The molecule has 1 unspecified atom stereocenters. The zero-order valence-corrected chi connectivity index (χ0v) is 16.0. The summed E-state index contributed by atoms with van der Waals surface area (Å²) in [5.41, 5.74) is 2.45. The van der Waals surface area contributed by atoms with Crippen molar-refractivity contribution in [2.45, 2.75) is 31.7 Å². The largest absolute Gasteiger partial charge is 0.496 e. The summed E-state index contributed by atoms with van der Waals surface area (Å²) in [6.07, 6.45) is 3.14. The normalized spacial score (nSPS) is 20.9. The highest BCUT2D eigenvalue weighted by Gasteiger charge is 2.49. The fraction of sp³-hybridized carbons (Fsp3) is 0.318. The van der Waals surface area contributed by atoms with Crippen molar-refractivity contribution in [3.63, 3.8) is 0 Å². The van der Waals surface area contributed by atoms with Crippen molar-refractivity contribution in [3.05, 3.63) is 64.7 Å². The summed E-state index contributed by atoms with van der Waals surface area (Å²) in [6.45, 7) is 1.36. The van der Waals surface area contributed by atoms with E-state index in [0.29, 0.717) is 11.3 Å². The van der Waals surface area contributed by atoms with Gasteiger partial charge in [-0.3, -0.25) is 14.5 Å². The highest BCUT2D eigenvalue weighted by atomic mass is 16.5. The van der Waals surface area contributed by atoms with Gasteiger partial charge >= 0.3 is 6.03 Å². The van der Waals surface area contributed by atoms with Gasteiger partial charge in [-0.2, -0.15) is 0 Å². The maximum atomic E-state index is 13.1. The van der Waals surface area contributed by atoms with E-state index >= 15 is 0 Å². The minimum absolute atomic E-state index is 0.328. The number of urea groups is 1. The molecule has 2 aromatic rings. The van der Waals surface area contributed by atoms with Gasteiger partial charge < -0.3 is 10.1 Å². The lowest BCUT2D eigenvalue weighted by molar-refractivity contribution is -0.130. The number of ether oxygens (including phenoxy) is 1. The van der Waals surface area contributed by atoms with Gasteiger partial charge in [-0.1, -0.05) is 30.3 Å². The number of nitrogens with zero attached hydrogens (tertiary/aromatic N) is 1. The predicted molar refractivity (Wildman–Crippen MR) is 103 cm³/mol. The number of methoxy groups -OCH3 is 1. The summed E-state index contributed by atoms with van der Waals surface area (Å²) >= 11 is 0. The van der Waals surface area contributed by atoms with Crippen LogP contribution in [0.15, 0.2) is 42.5 Å². The SMILES string of the molecule is COc1ccccc1C(=O)CN1C(=O)NC(C)(c2ccc3c(c2)CCC3)C1=O. The third-order valence-corrected chi connectivity index (χ3v) is 5.66. The second kappa shape index (κ2) is 6.78. The molecule has 1 aliphatic heterocycles. The third kappa shape index (κ3) is 2.85. The summed E-state index contributed by atoms with van der Waals surface area (Å²) in [7, 11) is 1.48. The molecule has 2 aliphatic rings. The Balaban J connectivity index is 1.59. The van der Waals surface area contributed by atoms with E-state index in [1.807, 2.05) is 18.2 Å². The number of benzene rings is 2. The summed E-state index contributed by atoms with van der Waals surface area (Å²) in [6, 6.07) is 12.2. The highest BCUT2D eigenvalue weighted by molar-refractivity contribution is 6.11. The second-order valence-electron chi connectivity index (χ2n) is 7.41. The van der Waals surface area contributed by atoms with Crippen LogP contribution in [0.25, 0.3) is 0 Å². The van der Waals surface area contributed by atoms with Crippen molar-refractivity contribution in [1.29, 1.82) is 0 Å². The van der Waals surface area contributed by atoms with Gasteiger partial charge in [0, 0.05) is 0 Å². The van der Waals surface area contributed by atoms with Crippen LogP contribution in [0.3, 0.4) is 0 Å². The number of nitrogens with one attached hydrogen (secondary N) is 1. The van der Waals surface area contributed by atoms with E-state index in [0.717, 1.165) is 29.7 Å². The lowest BCUT2D eigenvalue weighted by Gasteiger charge is -2.23. The molecule has 1 aliphatic carbocycles. The Morgan fingerprint density at radius 3 is 2.68 bits per heavy atom. The number of hydrogen-bond donors (Lipinski definition) is 1. The maximum Gasteiger partial charge on any atom is 0.325 e. The van der Waals surface area contributed by atoms with Gasteiger partial charge in [0.15, 0.2) is 5.78 Å². The van der Waals surface area contributed by atoms with Gasteiger partial charge in [-0.05, 0) is 55.0 Å². The lowest BCUT2D eigenvalue weighted by atomic mass is 9.89. The Hall–Kier alpha value is -3.15. The van der Waals surface area contributed by atoms with Crippen molar-refractivity contribution in [3.8, 4) is 5.75 Å². The molecule has 1 atom stereocenters. The molecule has 2 aromatic carbocycles. The van der Waals surface area contributed by atoms with Crippen LogP contribution in [0.4, 0.5) is 4.79 Å². The number of carbonyl (C=O) groups is 3. The Morgan fingerprint density at radius 2 is 1.89 bits per heavy atom. The number of amides is 3. The minimum Gasteiger partial charge on any atom is -0.496 e. The fourth-order valence-electron chi connectivity index (χ4n) is 4.02. The summed E-state index contributed by atoms with van der Waals surface area (Å²) in [5, 5.41) is 2.78. The number of hydrogen-bond acceptors (Lipinski definition) is 4. The van der Waals surface area contributed by atoms with Crippen molar-refractivity contribution >= 4 is 17.7 Å². The summed E-state index contributed by atoms with van der Waals surface area (Å²) < 4.78 is 5.21. The first kappa shape index (κ1) is 18.2. The standard InChI is InChI=1S/C22H22N2O4/c1-22(16-11-10-14-6-5-7-15(14)12-16)20(26)24(21(27)23-22)13-18(25)17-8-3-4-9-19(17)28-2/h3-4,8-12H,5-7,13H2,1-2H3,(H,23,27). The monoisotopic (exact) mass is 378 g/mol. The topological polar surface area (TPSA) is 75.7 Å². The molecule has 6 heteroatoms. The number of rotatable bonds is 5. The van der Waals surface area contributed by atoms with Crippen LogP contribution in [-0.4, -0.2) is 36.3 Å². The molecular weight excluding hydrogens is 356 g/mol. The summed E-state index contributed by atoms with van der Waals surface area (Å²) in [4.78, 5) is 39.4. The smallest absolute Gasteiger partial charge is 0.325 e. The molecule has 0 spiro atoms. The van der Waals surface area contributed by atoms with E-state index in [2.05, 4.69) is 5.32 Å². The minimum atomic E-state index is -1.17. The van der Waals surface area contributed by atoms with E-state index in [-0.39, 0.29) is 12.3 Å². The van der Waals surface area contributed by atoms with E-state index in [1.54, 1.807) is 31.2 Å². The molecule has 0 saturated carbocycles. The van der Waals surface area contributed by atoms with E-state index < -0.39 is 17.5 Å². The summed E-state index contributed by atoms with van der Waals surface area (Å²) in [5.74, 6) is -0.348. The number of para-hydroxylation sites is 1. The van der Waals surface area contributed by atoms with Gasteiger partial charge in [-0.25, -0.2) is 4.79 Å². The van der Waals surface area contributed by atoms with Gasteiger partial charge in [0.05, 0.1) is 19.2 Å². The van der Waals surface area contributed by atoms with Crippen LogP contribution >= 0.6 is 0 Å². The van der Waals surface area contributed by atoms with Crippen LogP contribution in [-0.2, 0) is 23.2 Å². The molecule has 1 fully saturated rings. The molecule has 4 rings (SSSR count). The number of ketones is 1. The highest BCUT2D eigenvalue weighted by Crippen LogP contribution is 2.33. The quantitative estimate of drug-likeness (QED) is 0.641. The van der Waals surface area contributed by atoms with Crippen molar-refractivity contribution < 1.29 is 19.1 Å². The van der Waals surface area contributed by atoms with Crippen LogP contribution in [0.5, 0.6) is 5.75 Å². The molecule has 1 saturated heterocycles. The number of carbonyl (C=O) groups excluding carboxylic acids is 3. The zero-order valence-electron chi connectivity index (χ0n) is 16.0. The Labute approximate surface area is 163 Å². The molecule has 144 valence electrons. The second-order valence-corrected chi connectivity index (χ2v) is 7.41. The molecular formula is C22H22N2O4. The number of fused-ring (bicyclic) bond motifs is 1. The molecule has 1 heterocycles. The molecule has 3 amide bonds. The first-order valence-electron chi connectivity index (χ1n) is 9.36. The van der Waals surface area contributed by atoms with E-state index in [1.165, 1.54) is 18.2 Å². The van der Waals surface area contributed by atoms with E-state index in [9.17, 15) is 14.4 Å². The molecule has 0 bridgehead atoms. The first-order chi connectivity index (χ1) is 13.4. The van der Waals surface area contributed by atoms with Gasteiger partial charge in [0.25, 0.3) is 5.91 Å². The maximum absolute atomic E-state index is 13.1. The molecule has 6 nitrogen and oxygen atoms in total. The van der Waals surface area contributed by atoms with Crippen LogP contribution in [0.2, 0.25) is 0 Å². The molecule has 0 radical (unpaired) electrons. The average Bonchev–Trinajstić information content (AvgIpc) is 3.26. The zero-order chi connectivity index (χ0) is 19.9. The molecule has 1 N–H and O–H groups in total. The van der Waals surface area contributed by atoms with Crippen LogP contribution in [0, 0.1) is 0 Å². The van der Waals surface area contributed by atoms with Gasteiger partial charge in [-0.15, -0.1) is 0 Å². The molecule has 28 heavy (non-hydrogen) atoms. The van der Waals surface area contributed by atoms with Crippen LogP contribution in [0.1, 0.15) is 40.4 Å². The van der Waals surface area contributed by atoms with Gasteiger partial charge in [0.2, 0.25) is 0 Å². The number of imide groups is 1. The van der Waals surface area contributed by atoms with E-state index in [4.69, 9.17) is 4.74 Å². The van der Waals surface area contributed by atoms with Crippen molar-refractivity contribution in [1.82, 2.24) is 10.2 Å². The third-order valence-electron chi connectivity index (χ3n) is 5.66. The first-order valence-corrected chi connectivity index (χ1v) is 9.36. The fourth-order valence-corrected chi connectivity index (χ4v) is 4.02. The van der Waals surface area contributed by atoms with Gasteiger partial charge in [0.1, 0.15) is 11.3 Å². The van der Waals surface area contributed by atoms with Crippen molar-refractivity contribution in [2.75, 3.05) is 13.7 Å². The Bertz CT molecular complexity index is 984. The predicted octanol–water partition coefficient (Wildman–Crippen LogP) is 2.83.